The number of furan rings is 1. The summed E-state index contributed by atoms with van der Waals surface area (Å²) in [5.74, 6) is 0. The fraction of sp³-hybridized carbons (Fsp3) is 0.714. The first-order valence-corrected chi connectivity index (χ1v) is 7.02. The van der Waals surface area contributed by atoms with Crippen LogP contribution in [0.3, 0.4) is 0 Å². The van der Waals surface area contributed by atoms with Gasteiger partial charge in [-0.3, -0.25) is 0 Å². The van der Waals surface area contributed by atoms with E-state index in [4.69, 9.17) is 23.2 Å². The van der Waals surface area contributed by atoms with Crippen LogP contribution in [0, 0.1) is 0 Å². The van der Waals surface area contributed by atoms with Crippen LogP contribution in [0.4, 0.5) is 0 Å². The molecular weight excluding hydrogens is 259 g/mol. The molecule has 0 radical (unpaired) electrons. The molecule has 110 valence electrons. The van der Waals surface area contributed by atoms with Crippen LogP contribution in [-0.2, 0) is 18.8 Å². The maximum atomic E-state index is 5.96. The van der Waals surface area contributed by atoms with Crippen molar-refractivity contribution in [3.8, 4) is 0 Å². The zero-order chi connectivity index (χ0) is 14.4. The molecule has 0 spiro atoms. The average molecular weight is 280 g/mol. The zero-order valence-electron chi connectivity index (χ0n) is 12.5. The van der Waals surface area contributed by atoms with E-state index < -0.39 is 7.12 Å². The Morgan fingerprint density at radius 1 is 1.10 bits per heavy atom. The van der Waals surface area contributed by atoms with E-state index in [9.17, 15) is 0 Å². The molecule has 0 saturated carbocycles. The molecule has 2 aliphatic rings. The van der Waals surface area contributed by atoms with E-state index in [0.717, 1.165) is 5.56 Å². The van der Waals surface area contributed by atoms with Gasteiger partial charge in [-0.05, 0) is 33.8 Å². The molecule has 1 atom stereocenters. The summed E-state index contributed by atoms with van der Waals surface area (Å²) in [6, 6.07) is 1.93. The van der Waals surface area contributed by atoms with Gasteiger partial charge in [-0.25, -0.2) is 0 Å². The smallest absolute Gasteiger partial charge is 0.473 e. The van der Waals surface area contributed by atoms with E-state index in [-0.39, 0.29) is 17.3 Å². The summed E-state index contributed by atoms with van der Waals surface area (Å²) in [6.07, 6.45) is 1.63. The molecule has 0 N–H and O–H groups in total. The van der Waals surface area contributed by atoms with Gasteiger partial charge in [0.2, 0.25) is 0 Å². The second kappa shape index (κ2) is 4.88. The van der Waals surface area contributed by atoms with Crippen molar-refractivity contribution in [1.82, 2.24) is 0 Å². The Balaban J connectivity index is 1.74. The van der Waals surface area contributed by atoms with E-state index >= 15 is 0 Å². The lowest BCUT2D eigenvalue weighted by atomic mass is 9.86. The van der Waals surface area contributed by atoms with Gasteiger partial charge in [-0.2, -0.15) is 0 Å². The highest BCUT2D eigenvalue weighted by Gasteiger charge is 2.53. The molecule has 0 bridgehead atoms. The Hall–Kier alpha value is -0.815. The molecule has 20 heavy (non-hydrogen) atoms. The van der Waals surface area contributed by atoms with Crippen LogP contribution in [0.5, 0.6) is 0 Å². The topological polar surface area (TPSA) is 50.1 Å². The summed E-state index contributed by atoms with van der Waals surface area (Å²) in [4.78, 5) is 0. The predicted molar refractivity (Wildman–Crippen MR) is 73.9 cm³/mol. The fourth-order valence-corrected chi connectivity index (χ4v) is 2.30. The third kappa shape index (κ3) is 2.41. The van der Waals surface area contributed by atoms with Crippen molar-refractivity contribution in [1.29, 1.82) is 0 Å². The molecule has 2 saturated heterocycles. The van der Waals surface area contributed by atoms with Gasteiger partial charge in [-0.15, -0.1) is 0 Å². The highest BCUT2D eigenvalue weighted by atomic mass is 16.7. The number of ether oxygens (including phenoxy) is 2. The molecule has 1 aromatic heterocycles. The summed E-state index contributed by atoms with van der Waals surface area (Å²) < 4.78 is 28.6. The third-order valence-electron chi connectivity index (χ3n) is 4.31. The van der Waals surface area contributed by atoms with Gasteiger partial charge < -0.3 is 23.2 Å². The van der Waals surface area contributed by atoms with Crippen molar-refractivity contribution < 1.29 is 23.2 Å². The molecule has 6 heteroatoms. The Morgan fingerprint density at radius 2 is 1.80 bits per heavy atom. The minimum Gasteiger partial charge on any atom is -0.473 e. The molecule has 2 fully saturated rings. The molecule has 0 amide bonds. The second-order valence-corrected chi connectivity index (χ2v) is 6.31. The first-order valence-electron chi connectivity index (χ1n) is 7.02. The molecule has 1 aromatic rings. The Labute approximate surface area is 119 Å². The maximum Gasteiger partial charge on any atom is 0.532 e. The van der Waals surface area contributed by atoms with Crippen LogP contribution >= 0.6 is 0 Å². The van der Waals surface area contributed by atoms with Crippen LogP contribution in [0.2, 0.25) is 0 Å². The van der Waals surface area contributed by atoms with Crippen molar-refractivity contribution in [3.63, 3.8) is 0 Å². The van der Waals surface area contributed by atoms with E-state index in [1.807, 2.05) is 33.8 Å². The van der Waals surface area contributed by atoms with Crippen LogP contribution in [0.15, 0.2) is 16.7 Å². The number of hydrogen-bond acceptors (Lipinski definition) is 5. The third-order valence-corrected chi connectivity index (χ3v) is 4.31. The van der Waals surface area contributed by atoms with Crippen molar-refractivity contribution in [2.75, 3.05) is 19.8 Å². The largest absolute Gasteiger partial charge is 0.532 e. The molecule has 1 unspecified atom stereocenters. The minimum absolute atomic E-state index is 0.0660. The molecule has 0 aliphatic carbocycles. The van der Waals surface area contributed by atoms with Crippen molar-refractivity contribution in [2.45, 2.75) is 45.0 Å². The Morgan fingerprint density at radius 3 is 2.40 bits per heavy atom. The van der Waals surface area contributed by atoms with Crippen molar-refractivity contribution in [3.05, 3.63) is 17.9 Å². The summed E-state index contributed by atoms with van der Waals surface area (Å²) in [5.41, 5.74) is 0.909. The van der Waals surface area contributed by atoms with Crippen molar-refractivity contribution in [2.24, 2.45) is 0 Å². The Bertz CT molecular complexity index is 460. The first-order chi connectivity index (χ1) is 9.39. The molecule has 3 rings (SSSR count). The SMILES string of the molecule is CC1(C)OB(c2cc(C3COCCO3)co2)OC1(C)C. The van der Waals surface area contributed by atoms with Crippen LogP contribution in [0.1, 0.15) is 39.4 Å². The first kappa shape index (κ1) is 14.1. The zero-order valence-corrected chi connectivity index (χ0v) is 12.5. The van der Waals surface area contributed by atoms with Crippen LogP contribution in [-0.4, -0.2) is 38.1 Å². The van der Waals surface area contributed by atoms with Gasteiger partial charge in [0, 0.05) is 5.56 Å². The lowest BCUT2D eigenvalue weighted by molar-refractivity contribution is -0.0903. The minimum atomic E-state index is -0.474. The molecule has 0 aromatic carbocycles. The highest BCUT2D eigenvalue weighted by Crippen LogP contribution is 2.36. The number of rotatable bonds is 2. The molecule has 5 nitrogen and oxygen atoms in total. The molecular formula is C14H21BO5. The summed E-state index contributed by atoms with van der Waals surface area (Å²) >= 11 is 0. The highest BCUT2D eigenvalue weighted by molar-refractivity contribution is 6.60. The van der Waals surface area contributed by atoms with E-state index in [1.165, 1.54) is 0 Å². The van der Waals surface area contributed by atoms with Gasteiger partial charge in [-0.1, -0.05) is 0 Å². The average Bonchev–Trinajstić information content (AvgIpc) is 2.94. The normalized spacial score (nSPS) is 28.8. The predicted octanol–water partition coefficient (Wildman–Crippen LogP) is 1.67. The summed E-state index contributed by atoms with van der Waals surface area (Å²) in [6.45, 7) is 9.91. The number of hydrogen-bond donors (Lipinski definition) is 0. The van der Waals surface area contributed by atoms with Crippen molar-refractivity contribution >= 4 is 12.8 Å². The van der Waals surface area contributed by atoms with Gasteiger partial charge in [0.15, 0.2) is 0 Å². The van der Waals surface area contributed by atoms with E-state index in [2.05, 4.69) is 0 Å². The van der Waals surface area contributed by atoms with Gasteiger partial charge in [0.1, 0.15) is 11.8 Å². The Kier molecular flexibility index (Phi) is 3.45. The summed E-state index contributed by atoms with van der Waals surface area (Å²) in [7, 11) is -0.474. The lowest BCUT2D eigenvalue weighted by Crippen LogP contribution is -2.41. The summed E-state index contributed by atoms with van der Waals surface area (Å²) in [5, 5.41) is 0. The van der Waals surface area contributed by atoms with E-state index in [1.54, 1.807) is 6.26 Å². The fourth-order valence-electron chi connectivity index (χ4n) is 2.30. The standard InChI is InChI=1S/C14H21BO5/c1-13(2)14(3,4)20-15(19-13)12-7-10(8-18-12)11-9-16-5-6-17-11/h7-8,11H,5-6,9H2,1-4H3. The van der Waals surface area contributed by atoms with Crippen LogP contribution < -0.4 is 5.66 Å². The molecule has 3 heterocycles. The van der Waals surface area contributed by atoms with Gasteiger partial charge in [0.25, 0.3) is 0 Å². The molecule has 2 aliphatic heterocycles. The quantitative estimate of drug-likeness (QED) is 0.771. The van der Waals surface area contributed by atoms with Gasteiger partial charge in [0.05, 0.1) is 37.3 Å². The second-order valence-electron chi connectivity index (χ2n) is 6.31. The van der Waals surface area contributed by atoms with Gasteiger partial charge >= 0.3 is 7.12 Å². The monoisotopic (exact) mass is 280 g/mol. The lowest BCUT2D eigenvalue weighted by Gasteiger charge is -2.32. The van der Waals surface area contributed by atoms with E-state index in [0.29, 0.717) is 25.5 Å². The maximum absolute atomic E-state index is 5.96. The van der Waals surface area contributed by atoms with Crippen LogP contribution in [0.25, 0.3) is 0 Å².